The number of rotatable bonds is 4. The molecule has 7 heteroatoms. The second kappa shape index (κ2) is 7.91. The first-order valence-electron chi connectivity index (χ1n) is 6.52. The molecule has 2 amide bonds. The van der Waals surface area contributed by atoms with Crippen LogP contribution in [0, 0.1) is 0 Å². The first-order chi connectivity index (χ1) is 9.16. The Labute approximate surface area is 124 Å². The maximum absolute atomic E-state index is 11.9. The number of nitrogens with one attached hydrogen (secondary N) is 3. The fourth-order valence-corrected chi connectivity index (χ4v) is 2.04. The average molecular weight is 302 g/mol. The third-order valence-electron chi connectivity index (χ3n) is 3.13. The van der Waals surface area contributed by atoms with Crippen molar-refractivity contribution in [1.82, 2.24) is 16.0 Å². The SMILES string of the molecule is CC(NC(=O)c1ccco1)C(=O)NC1CCCNC1.Cl. The second-order valence-electron chi connectivity index (χ2n) is 4.72. The van der Waals surface area contributed by atoms with E-state index in [-0.39, 0.29) is 36.0 Å². The molecule has 0 saturated carbocycles. The molecule has 1 aromatic rings. The van der Waals surface area contributed by atoms with E-state index >= 15 is 0 Å². The van der Waals surface area contributed by atoms with Crippen LogP contribution in [-0.4, -0.2) is 37.0 Å². The van der Waals surface area contributed by atoms with Crippen molar-refractivity contribution >= 4 is 24.2 Å². The van der Waals surface area contributed by atoms with Crippen molar-refractivity contribution < 1.29 is 14.0 Å². The number of amides is 2. The Balaban J connectivity index is 0.00000200. The van der Waals surface area contributed by atoms with Gasteiger partial charge in [0.15, 0.2) is 5.76 Å². The smallest absolute Gasteiger partial charge is 0.287 e. The molecule has 0 aliphatic carbocycles. The Morgan fingerprint density at radius 1 is 1.50 bits per heavy atom. The summed E-state index contributed by atoms with van der Waals surface area (Å²) < 4.78 is 4.97. The van der Waals surface area contributed by atoms with Crippen molar-refractivity contribution in [1.29, 1.82) is 0 Å². The molecule has 1 saturated heterocycles. The van der Waals surface area contributed by atoms with E-state index in [4.69, 9.17) is 4.42 Å². The summed E-state index contributed by atoms with van der Waals surface area (Å²) in [5, 5.41) is 8.75. The number of carbonyl (C=O) groups excluding carboxylic acids is 2. The molecule has 1 fully saturated rings. The minimum Gasteiger partial charge on any atom is -0.459 e. The molecule has 2 rings (SSSR count). The van der Waals surface area contributed by atoms with E-state index in [9.17, 15) is 9.59 Å². The van der Waals surface area contributed by atoms with Crippen LogP contribution >= 0.6 is 12.4 Å². The summed E-state index contributed by atoms with van der Waals surface area (Å²) in [6.07, 6.45) is 3.45. The van der Waals surface area contributed by atoms with Crippen LogP contribution in [0.2, 0.25) is 0 Å². The Morgan fingerprint density at radius 3 is 2.90 bits per heavy atom. The molecular weight excluding hydrogens is 282 g/mol. The highest BCUT2D eigenvalue weighted by Crippen LogP contribution is 2.03. The zero-order valence-electron chi connectivity index (χ0n) is 11.3. The van der Waals surface area contributed by atoms with Gasteiger partial charge in [0, 0.05) is 12.6 Å². The fraction of sp³-hybridized carbons (Fsp3) is 0.538. The lowest BCUT2D eigenvalue weighted by atomic mass is 10.1. The largest absolute Gasteiger partial charge is 0.459 e. The van der Waals surface area contributed by atoms with Crippen LogP contribution in [0.15, 0.2) is 22.8 Å². The van der Waals surface area contributed by atoms with Gasteiger partial charge < -0.3 is 20.4 Å². The average Bonchev–Trinajstić information content (AvgIpc) is 2.93. The second-order valence-corrected chi connectivity index (χ2v) is 4.72. The van der Waals surface area contributed by atoms with Gasteiger partial charge in [-0.2, -0.15) is 0 Å². The van der Waals surface area contributed by atoms with Crippen molar-refractivity contribution in [2.75, 3.05) is 13.1 Å². The van der Waals surface area contributed by atoms with Crippen LogP contribution in [0.4, 0.5) is 0 Å². The first-order valence-corrected chi connectivity index (χ1v) is 6.52. The van der Waals surface area contributed by atoms with Gasteiger partial charge in [-0.3, -0.25) is 9.59 Å². The molecular formula is C13H20ClN3O3. The summed E-state index contributed by atoms with van der Waals surface area (Å²) >= 11 is 0. The minimum absolute atomic E-state index is 0. The van der Waals surface area contributed by atoms with Crippen LogP contribution in [-0.2, 0) is 4.79 Å². The van der Waals surface area contributed by atoms with Gasteiger partial charge in [0.2, 0.25) is 5.91 Å². The molecule has 2 unspecified atom stereocenters. The molecule has 6 nitrogen and oxygen atoms in total. The lowest BCUT2D eigenvalue weighted by molar-refractivity contribution is -0.123. The molecule has 0 bridgehead atoms. The Bertz CT molecular complexity index is 430. The number of piperidine rings is 1. The van der Waals surface area contributed by atoms with Crippen LogP contribution in [0.3, 0.4) is 0 Å². The molecule has 2 heterocycles. The molecule has 3 N–H and O–H groups in total. The highest BCUT2D eigenvalue weighted by atomic mass is 35.5. The van der Waals surface area contributed by atoms with Gasteiger partial charge in [-0.15, -0.1) is 12.4 Å². The topological polar surface area (TPSA) is 83.4 Å². The van der Waals surface area contributed by atoms with Gasteiger partial charge in [-0.1, -0.05) is 0 Å². The van der Waals surface area contributed by atoms with Crippen LogP contribution in [0.25, 0.3) is 0 Å². The molecule has 1 aromatic heterocycles. The van der Waals surface area contributed by atoms with E-state index in [0.29, 0.717) is 0 Å². The lowest BCUT2D eigenvalue weighted by Crippen LogP contribution is -2.52. The predicted molar refractivity (Wildman–Crippen MR) is 76.9 cm³/mol. The van der Waals surface area contributed by atoms with Gasteiger partial charge in [0.05, 0.1) is 6.26 Å². The van der Waals surface area contributed by atoms with Crippen LogP contribution < -0.4 is 16.0 Å². The van der Waals surface area contributed by atoms with Gasteiger partial charge >= 0.3 is 0 Å². The van der Waals surface area contributed by atoms with Crippen molar-refractivity contribution in [3.63, 3.8) is 0 Å². The molecule has 1 aliphatic rings. The van der Waals surface area contributed by atoms with Crippen molar-refractivity contribution in [2.45, 2.75) is 31.8 Å². The van der Waals surface area contributed by atoms with Crippen molar-refractivity contribution in [3.05, 3.63) is 24.2 Å². The van der Waals surface area contributed by atoms with Gasteiger partial charge in [-0.25, -0.2) is 0 Å². The molecule has 20 heavy (non-hydrogen) atoms. The standard InChI is InChI=1S/C13H19N3O3.ClH/c1-9(15-13(18)11-5-3-7-19-11)12(17)16-10-4-2-6-14-8-10;/h3,5,7,9-10,14H,2,4,6,8H2,1H3,(H,15,18)(H,16,17);1H. The first kappa shape index (κ1) is 16.5. The molecule has 112 valence electrons. The predicted octanol–water partition coefficient (Wildman–Crippen LogP) is 0.688. The van der Waals surface area contributed by atoms with Crippen LogP contribution in [0.5, 0.6) is 0 Å². The highest BCUT2D eigenvalue weighted by Gasteiger charge is 2.21. The van der Waals surface area contributed by atoms with Gasteiger partial charge in [-0.05, 0) is 38.4 Å². The monoisotopic (exact) mass is 301 g/mol. The third-order valence-corrected chi connectivity index (χ3v) is 3.13. The normalized spacial score (nSPS) is 19.6. The van der Waals surface area contributed by atoms with E-state index in [2.05, 4.69) is 16.0 Å². The summed E-state index contributed by atoms with van der Waals surface area (Å²) in [6.45, 7) is 3.44. The lowest BCUT2D eigenvalue weighted by Gasteiger charge is -2.25. The summed E-state index contributed by atoms with van der Waals surface area (Å²) in [5.74, 6) is -0.345. The van der Waals surface area contributed by atoms with Crippen LogP contribution in [0.1, 0.15) is 30.3 Å². The Morgan fingerprint density at radius 2 is 2.30 bits per heavy atom. The number of hydrogen-bond donors (Lipinski definition) is 3. The number of halogens is 1. The summed E-state index contributed by atoms with van der Waals surface area (Å²) in [5.41, 5.74) is 0. The van der Waals surface area contributed by atoms with Gasteiger partial charge in [0.25, 0.3) is 5.91 Å². The minimum atomic E-state index is -0.584. The third kappa shape index (κ3) is 4.54. The Hall–Kier alpha value is -1.53. The zero-order chi connectivity index (χ0) is 13.7. The molecule has 2 atom stereocenters. The van der Waals surface area contributed by atoms with Gasteiger partial charge in [0.1, 0.15) is 6.04 Å². The van der Waals surface area contributed by atoms with Crippen molar-refractivity contribution in [2.24, 2.45) is 0 Å². The number of carbonyl (C=O) groups is 2. The maximum atomic E-state index is 11.9. The Kier molecular flexibility index (Phi) is 6.54. The molecule has 0 aromatic carbocycles. The number of hydrogen-bond acceptors (Lipinski definition) is 4. The summed E-state index contributed by atoms with van der Waals surface area (Å²) in [4.78, 5) is 23.6. The maximum Gasteiger partial charge on any atom is 0.287 e. The van der Waals surface area contributed by atoms with Crippen molar-refractivity contribution in [3.8, 4) is 0 Å². The fourth-order valence-electron chi connectivity index (χ4n) is 2.04. The van der Waals surface area contributed by atoms with E-state index in [1.807, 2.05) is 0 Å². The molecule has 0 spiro atoms. The number of furan rings is 1. The summed E-state index contributed by atoms with van der Waals surface area (Å²) in [6, 6.07) is 2.75. The highest BCUT2D eigenvalue weighted by molar-refractivity contribution is 5.95. The zero-order valence-corrected chi connectivity index (χ0v) is 12.2. The summed E-state index contributed by atoms with van der Waals surface area (Å²) in [7, 11) is 0. The van der Waals surface area contributed by atoms with E-state index in [1.54, 1.807) is 19.1 Å². The van der Waals surface area contributed by atoms with E-state index in [0.717, 1.165) is 25.9 Å². The molecule has 1 aliphatic heterocycles. The van der Waals surface area contributed by atoms with E-state index < -0.39 is 6.04 Å². The molecule has 0 radical (unpaired) electrons. The van der Waals surface area contributed by atoms with E-state index in [1.165, 1.54) is 6.26 Å². The quantitative estimate of drug-likeness (QED) is 0.764.